The second-order valence-electron chi connectivity index (χ2n) is 7.91. The largest absolute Gasteiger partial charge is 0.472 e. The van der Waals surface area contributed by atoms with Crippen molar-refractivity contribution in [1.82, 2.24) is 19.9 Å². The molecule has 6 nitrogen and oxygen atoms in total. The van der Waals surface area contributed by atoms with Crippen molar-refractivity contribution in [2.75, 3.05) is 6.54 Å². The summed E-state index contributed by atoms with van der Waals surface area (Å²) in [5, 5.41) is 0.538. The Labute approximate surface area is 184 Å². The number of rotatable bonds is 4. The quantitative estimate of drug-likeness (QED) is 0.603. The van der Waals surface area contributed by atoms with E-state index in [-0.39, 0.29) is 35.0 Å². The minimum Gasteiger partial charge on any atom is -0.472 e. The minimum atomic E-state index is -0.516. The van der Waals surface area contributed by atoms with E-state index in [9.17, 15) is 9.18 Å². The highest BCUT2D eigenvalue weighted by molar-refractivity contribution is 6.30. The van der Waals surface area contributed by atoms with Crippen molar-refractivity contribution < 1.29 is 13.9 Å². The first-order valence-corrected chi connectivity index (χ1v) is 10.6. The summed E-state index contributed by atoms with van der Waals surface area (Å²) in [6.07, 6.45) is 7.18. The molecule has 1 aromatic carbocycles. The Balaban J connectivity index is 1.45. The molecule has 3 aliphatic rings. The number of hydrogen-bond acceptors (Lipinski definition) is 5. The fourth-order valence-corrected chi connectivity index (χ4v) is 4.70. The Morgan fingerprint density at radius 3 is 2.68 bits per heavy atom. The highest BCUT2D eigenvalue weighted by Crippen LogP contribution is 2.38. The van der Waals surface area contributed by atoms with E-state index in [1.54, 1.807) is 36.5 Å². The normalized spacial score (nSPS) is 22.4. The molecular formula is C23H20ClFN4O2. The van der Waals surface area contributed by atoms with Crippen LogP contribution in [-0.4, -0.2) is 44.4 Å². The molecule has 0 N–H and O–H groups in total. The van der Waals surface area contributed by atoms with Crippen LogP contribution >= 0.6 is 11.6 Å². The third kappa shape index (κ3) is 3.85. The van der Waals surface area contributed by atoms with Gasteiger partial charge in [-0.05, 0) is 49.4 Å². The van der Waals surface area contributed by atoms with E-state index in [4.69, 9.17) is 16.3 Å². The lowest BCUT2D eigenvalue weighted by atomic mass is 9.77. The van der Waals surface area contributed by atoms with Crippen molar-refractivity contribution in [3.8, 4) is 17.3 Å². The number of carbonyl (C=O) groups is 1. The number of ether oxygens (including phenoxy) is 1. The molecule has 8 heteroatoms. The van der Waals surface area contributed by atoms with Gasteiger partial charge < -0.3 is 9.64 Å². The number of hydrogen-bond donors (Lipinski definition) is 0. The third-order valence-electron chi connectivity index (χ3n) is 5.99. The molecule has 0 spiro atoms. The molecule has 1 saturated carbocycles. The fourth-order valence-electron chi connectivity index (χ4n) is 4.59. The summed E-state index contributed by atoms with van der Waals surface area (Å²) in [6.45, 7) is 0.628. The average molecular weight is 439 g/mol. The van der Waals surface area contributed by atoms with Gasteiger partial charge in [-0.1, -0.05) is 17.7 Å². The van der Waals surface area contributed by atoms with Crippen molar-refractivity contribution in [2.24, 2.45) is 5.92 Å². The van der Waals surface area contributed by atoms with Gasteiger partial charge in [0.05, 0.1) is 22.2 Å². The van der Waals surface area contributed by atoms with E-state index in [1.807, 2.05) is 4.90 Å². The van der Waals surface area contributed by atoms with Gasteiger partial charge in [-0.25, -0.2) is 19.3 Å². The van der Waals surface area contributed by atoms with Crippen LogP contribution in [0.3, 0.4) is 0 Å². The molecule has 3 aromatic rings. The zero-order chi connectivity index (χ0) is 21.4. The summed E-state index contributed by atoms with van der Waals surface area (Å²) in [7, 11) is 0. The lowest BCUT2D eigenvalue weighted by molar-refractivity contribution is -0.0313. The summed E-state index contributed by atoms with van der Waals surface area (Å²) in [6, 6.07) is 9.51. The number of nitrogens with zero attached hydrogens (tertiary/aromatic N) is 4. The number of amides is 1. The molecule has 6 rings (SSSR count). The van der Waals surface area contributed by atoms with Crippen molar-refractivity contribution in [2.45, 2.75) is 31.4 Å². The maximum atomic E-state index is 14.8. The van der Waals surface area contributed by atoms with E-state index in [0.717, 1.165) is 19.3 Å². The molecule has 2 aliphatic heterocycles. The van der Waals surface area contributed by atoms with Crippen molar-refractivity contribution >= 4 is 17.5 Å². The Hall–Kier alpha value is -3.06. The lowest BCUT2D eigenvalue weighted by Gasteiger charge is -2.49. The van der Waals surface area contributed by atoms with Gasteiger partial charge in [-0.15, -0.1) is 0 Å². The molecule has 1 amide bonds. The van der Waals surface area contributed by atoms with Gasteiger partial charge in [0.25, 0.3) is 5.91 Å². The van der Waals surface area contributed by atoms with Crippen LogP contribution in [0, 0.1) is 11.7 Å². The lowest BCUT2D eigenvalue weighted by Crippen LogP contribution is -2.59. The third-order valence-corrected chi connectivity index (χ3v) is 6.21. The number of pyridine rings is 1. The summed E-state index contributed by atoms with van der Waals surface area (Å²) < 4.78 is 20.9. The van der Waals surface area contributed by atoms with Crippen LogP contribution < -0.4 is 4.74 Å². The highest BCUT2D eigenvalue weighted by atomic mass is 35.5. The molecule has 31 heavy (non-hydrogen) atoms. The van der Waals surface area contributed by atoms with Gasteiger partial charge in [0.2, 0.25) is 5.88 Å². The molecule has 1 aliphatic carbocycles. The Morgan fingerprint density at radius 1 is 1.10 bits per heavy atom. The molecular weight excluding hydrogens is 419 g/mol. The molecule has 2 aromatic heterocycles. The van der Waals surface area contributed by atoms with E-state index in [2.05, 4.69) is 15.0 Å². The first-order chi connectivity index (χ1) is 15.1. The van der Waals surface area contributed by atoms with Crippen LogP contribution in [0.25, 0.3) is 11.4 Å². The molecule has 0 unspecified atom stereocenters. The van der Waals surface area contributed by atoms with Crippen LogP contribution in [0.1, 0.15) is 29.6 Å². The van der Waals surface area contributed by atoms with Crippen LogP contribution in [0.2, 0.25) is 5.02 Å². The van der Waals surface area contributed by atoms with Gasteiger partial charge in [0.1, 0.15) is 11.9 Å². The second kappa shape index (κ2) is 8.23. The van der Waals surface area contributed by atoms with Gasteiger partial charge in [-0.2, -0.15) is 0 Å². The first kappa shape index (κ1) is 19.9. The number of carbonyl (C=O) groups excluding carboxylic acids is 1. The van der Waals surface area contributed by atoms with Gasteiger partial charge in [0, 0.05) is 31.2 Å². The predicted molar refractivity (Wildman–Crippen MR) is 113 cm³/mol. The zero-order valence-electron chi connectivity index (χ0n) is 16.6. The average Bonchev–Trinajstić information content (AvgIpc) is 2.81. The molecule has 2 saturated heterocycles. The molecule has 0 radical (unpaired) electrons. The Kier molecular flexibility index (Phi) is 5.28. The van der Waals surface area contributed by atoms with Crippen LogP contribution in [-0.2, 0) is 0 Å². The topological polar surface area (TPSA) is 68.2 Å². The van der Waals surface area contributed by atoms with Gasteiger partial charge >= 0.3 is 0 Å². The van der Waals surface area contributed by atoms with Crippen LogP contribution in [0.4, 0.5) is 4.39 Å². The van der Waals surface area contributed by atoms with E-state index in [1.165, 1.54) is 18.5 Å². The SMILES string of the molecule is O=C(c1cccc(F)c1-c1ncccn1)N1C[C@@H]2CC[C@H]1[C@H](Oc1ccc(Cl)cn1)C2. The number of piperidine rings is 2. The molecule has 3 atom stereocenters. The smallest absolute Gasteiger partial charge is 0.255 e. The Morgan fingerprint density at radius 2 is 1.94 bits per heavy atom. The summed E-state index contributed by atoms with van der Waals surface area (Å²) in [4.78, 5) is 28.0. The maximum absolute atomic E-state index is 14.8. The van der Waals surface area contributed by atoms with Crippen LogP contribution in [0.5, 0.6) is 5.88 Å². The number of fused-ring (bicyclic) bond motifs is 3. The van der Waals surface area contributed by atoms with Gasteiger partial charge in [-0.3, -0.25) is 4.79 Å². The standard InChI is InChI=1S/C23H20ClFN4O2/c24-15-6-8-20(28-12-15)31-19-11-14-5-7-18(19)29(13-14)23(30)16-3-1-4-17(25)21(16)22-26-9-2-10-27-22/h1-4,6,8-10,12,14,18-19H,5,7,11,13H2/t14-,18+,19-/m1/s1. The summed E-state index contributed by atoms with van der Waals surface area (Å²) in [5.74, 6) is 0.269. The van der Waals surface area contributed by atoms with Crippen molar-refractivity contribution in [3.05, 3.63) is 71.4 Å². The summed E-state index contributed by atoms with van der Waals surface area (Å²) in [5.41, 5.74) is 0.397. The predicted octanol–water partition coefficient (Wildman–Crippen LogP) is 4.40. The second-order valence-corrected chi connectivity index (χ2v) is 8.35. The van der Waals surface area contributed by atoms with E-state index in [0.29, 0.717) is 23.4 Å². The molecule has 2 bridgehead atoms. The monoisotopic (exact) mass is 438 g/mol. The van der Waals surface area contributed by atoms with E-state index < -0.39 is 5.82 Å². The number of aromatic nitrogens is 3. The van der Waals surface area contributed by atoms with Crippen LogP contribution in [0.15, 0.2) is 55.0 Å². The molecule has 158 valence electrons. The highest BCUT2D eigenvalue weighted by Gasteiger charge is 2.45. The Bertz CT molecular complexity index is 1100. The van der Waals surface area contributed by atoms with Gasteiger partial charge in [0.15, 0.2) is 5.82 Å². The zero-order valence-corrected chi connectivity index (χ0v) is 17.4. The summed E-state index contributed by atoms with van der Waals surface area (Å²) >= 11 is 5.92. The fraction of sp³-hybridized carbons (Fsp3) is 0.304. The number of halogens is 2. The molecule has 4 heterocycles. The molecule has 3 fully saturated rings. The van der Waals surface area contributed by atoms with Crippen molar-refractivity contribution in [1.29, 1.82) is 0 Å². The first-order valence-electron chi connectivity index (χ1n) is 10.2. The number of benzene rings is 1. The van der Waals surface area contributed by atoms with E-state index >= 15 is 0 Å². The van der Waals surface area contributed by atoms with Crippen molar-refractivity contribution in [3.63, 3.8) is 0 Å². The minimum absolute atomic E-state index is 0.109. The maximum Gasteiger partial charge on any atom is 0.255 e.